The third-order valence-electron chi connectivity index (χ3n) is 2.53. The molecule has 0 amide bonds. The van der Waals surface area contributed by atoms with Crippen LogP contribution in [-0.2, 0) is 16.2 Å². The summed E-state index contributed by atoms with van der Waals surface area (Å²) in [5.74, 6) is 0. The molecule has 0 bridgehead atoms. The minimum atomic E-state index is -4.50. The molecule has 1 N–H and O–H groups in total. The lowest BCUT2D eigenvalue weighted by atomic mass is 10.2. The first-order valence-electron chi connectivity index (χ1n) is 5.62. The van der Waals surface area contributed by atoms with E-state index in [0.717, 1.165) is 30.3 Å². The van der Waals surface area contributed by atoms with Gasteiger partial charge in [0.1, 0.15) is 10.0 Å². The van der Waals surface area contributed by atoms with E-state index in [0.29, 0.717) is 0 Å². The lowest BCUT2D eigenvalue weighted by Gasteiger charge is -2.11. The Bertz CT molecular complexity index is 793. The fourth-order valence-electron chi connectivity index (χ4n) is 1.54. The molecule has 0 atom stereocenters. The zero-order valence-corrected chi connectivity index (χ0v) is 12.9. The van der Waals surface area contributed by atoms with E-state index in [-0.39, 0.29) is 20.9 Å². The van der Waals surface area contributed by atoms with E-state index in [1.54, 1.807) is 0 Å². The van der Waals surface area contributed by atoms with Crippen molar-refractivity contribution in [3.63, 3.8) is 0 Å². The average molecular weight is 371 g/mol. The van der Waals surface area contributed by atoms with Crippen molar-refractivity contribution in [1.29, 1.82) is 0 Å². The number of rotatable bonds is 3. The van der Waals surface area contributed by atoms with E-state index in [2.05, 4.69) is 9.71 Å². The molecule has 0 aliphatic carbocycles. The number of benzene rings is 1. The van der Waals surface area contributed by atoms with Gasteiger partial charge in [0.05, 0.1) is 5.56 Å². The maximum Gasteiger partial charge on any atom is 0.416 e. The molecule has 0 aliphatic rings. The largest absolute Gasteiger partial charge is 0.416 e. The van der Waals surface area contributed by atoms with E-state index >= 15 is 0 Å². The second-order valence-corrected chi connectivity index (χ2v) is 6.50. The van der Waals surface area contributed by atoms with Crippen molar-refractivity contribution < 1.29 is 21.6 Å². The first-order chi connectivity index (χ1) is 10.1. The topological polar surface area (TPSA) is 59.1 Å². The van der Waals surface area contributed by atoms with Gasteiger partial charge >= 0.3 is 6.18 Å². The number of nitrogens with one attached hydrogen (secondary N) is 1. The zero-order valence-electron chi connectivity index (χ0n) is 10.5. The molecule has 1 aromatic heterocycles. The summed E-state index contributed by atoms with van der Waals surface area (Å²) in [6.45, 7) is 0. The van der Waals surface area contributed by atoms with Crippen LogP contribution in [0.5, 0.6) is 0 Å². The van der Waals surface area contributed by atoms with Gasteiger partial charge < -0.3 is 0 Å². The number of hydrogen-bond donors (Lipinski definition) is 1. The van der Waals surface area contributed by atoms with Gasteiger partial charge in [0, 0.05) is 5.69 Å². The molecule has 0 saturated heterocycles. The van der Waals surface area contributed by atoms with Crippen molar-refractivity contribution in [2.75, 3.05) is 4.72 Å². The Morgan fingerprint density at radius 2 is 1.59 bits per heavy atom. The summed E-state index contributed by atoms with van der Waals surface area (Å²) in [5.41, 5.74) is -0.930. The molecule has 2 rings (SSSR count). The lowest BCUT2D eigenvalue weighted by molar-refractivity contribution is -0.137. The van der Waals surface area contributed by atoms with Crippen LogP contribution >= 0.6 is 23.2 Å². The van der Waals surface area contributed by atoms with E-state index in [1.165, 1.54) is 6.07 Å². The quantitative estimate of drug-likeness (QED) is 0.823. The van der Waals surface area contributed by atoms with Crippen LogP contribution in [-0.4, -0.2) is 13.4 Å². The highest BCUT2D eigenvalue weighted by molar-refractivity contribution is 7.92. The molecule has 1 aromatic carbocycles. The predicted molar refractivity (Wildman–Crippen MR) is 76.5 cm³/mol. The summed E-state index contributed by atoms with van der Waals surface area (Å²) in [6, 6.07) is 5.90. The monoisotopic (exact) mass is 370 g/mol. The Balaban J connectivity index is 2.29. The molecule has 0 unspecified atom stereocenters. The van der Waals surface area contributed by atoms with Crippen molar-refractivity contribution in [1.82, 2.24) is 4.98 Å². The third-order valence-corrected chi connectivity index (χ3v) is 4.56. The number of alkyl halides is 3. The van der Waals surface area contributed by atoms with Gasteiger partial charge in [-0.05, 0) is 36.4 Å². The summed E-state index contributed by atoms with van der Waals surface area (Å²) in [6.07, 6.45) is -4.50. The molecular formula is C12H7Cl2F3N2O2S. The standard InChI is InChI=1S/C12H7Cl2F3N2O2S/c13-10-6-5-9(11(14)18-10)22(20,21)19-8-3-1-7(2-4-8)12(15,16)17/h1-6,19H. The molecule has 0 fully saturated rings. The molecule has 22 heavy (non-hydrogen) atoms. The van der Waals surface area contributed by atoms with Crippen LogP contribution in [0.25, 0.3) is 0 Å². The minimum Gasteiger partial charge on any atom is -0.280 e. The minimum absolute atomic E-state index is 0.0125. The Labute approximate surface area is 133 Å². The highest BCUT2D eigenvalue weighted by atomic mass is 35.5. The van der Waals surface area contributed by atoms with Crippen LogP contribution < -0.4 is 4.72 Å². The maximum atomic E-state index is 12.4. The molecule has 0 aliphatic heterocycles. The van der Waals surface area contributed by atoms with Crippen molar-refractivity contribution in [3.05, 3.63) is 52.3 Å². The molecule has 118 valence electrons. The number of hydrogen-bond acceptors (Lipinski definition) is 3. The van der Waals surface area contributed by atoms with Gasteiger partial charge in [0.15, 0.2) is 5.15 Å². The highest BCUT2D eigenvalue weighted by Crippen LogP contribution is 2.30. The average Bonchev–Trinajstić information content (AvgIpc) is 2.37. The van der Waals surface area contributed by atoms with E-state index < -0.39 is 21.8 Å². The van der Waals surface area contributed by atoms with E-state index in [1.807, 2.05) is 0 Å². The lowest BCUT2D eigenvalue weighted by Crippen LogP contribution is -2.14. The number of halogens is 5. The molecule has 0 saturated carbocycles. The van der Waals surface area contributed by atoms with Gasteiger partial charge in [0.2, 0.25) is 0 Å². The van der Waals surface area contributed by atoms with Gasteiger partial charge in [-0.1, -0.05) is 23.2 Å². The molecular weight excluding hydrogens is 364 g/mol. The Morgan fingerprint density at radius 3 is 2.09 bits per heavy atom. The van der Waals surface area contributed by atoms with Crippen molar-refractivity contribution in [2.24, 2.45) is 0 Å². The first kappa shape index (κ1) is 16.9. The van der Waals surface area contributed by atoms with Gasteiger partial charge in [-0.25, -0.2) is 13.4 Å². The molecule has 2 aromatic rings. The van der Waals surface area contributed by atoms with Crippen molar-refractivity contribution in [3.8, 4) is 0 Å². The smallest absolute Gasteiger partial charge is 0.280 e. The Kier molecular flexibility index (Phi) is 4.55. The SMILES string of the molecule is O=S(=O)(Nc1ccc(C(F)(F)F)cc1)c1ccc(Cl)nc1Cl. The van der Waals surface area contributed by atoms with Crippen LogP contribution in [0.2, 0.25) is 10.3 Å². The Morgan fingerprint density at radius 1 is 1.00 bits per heavy atom. The number of sulfonamides is 1. The van der Waals surface area contributed by atoms with Crippen LogP contribution in [0.15, 0.2) is 41.3 Å². The summed E-state index contributed by atoms with van der Waals surface area (Å²) in [4.78, 5) is 3.26. The summed E-state index contributed by atoms with van der Waals surface area (Å²) >= 11 is 11.3. The molecule has 1 heterocycles. The second kappa shape index (κ2) is 5.94. The van der Waals surface area contributed by atoms with Gasteiger partial charge in [0.25, 0.3) is 10.0 Å². The van der Waals surface area contributed by atoms with E-state index in [4.69, 9.17) is 23.2 Å². The van der Waals surface area contributed by atoms with Crippen LogP contribution in [0, 0.1) is 0 Å². The molecule has 0 spiro atoms. The molecule has 4 nitrogen and oxygen atoms in total. The number of aromatic nitrogens is 1. The molecule has 0 radical (unpaired) electrons. The van der Waals surface area contributed by atoms with Gasteiger partial charge in [-0.3, -0.25) is 4.72 Å². The van der Waals surface area contributed by atoms with Crippen molar-refractivity contribution >= 4 is 38.9 Å². The van der Waals surface area contributed by atoms with Gasteiger partial charge in [-0.15, -0.1) is 0 Å². The maximum absolute atomic E-state index is 12.4. The van der Waals surface area contributed by atoms with Crippen LogP contribution in [0.1, 0.15) is 5.56 Å². The van der Waals surface area contributed by atoms with Gasteiger partial charge in [-0.2, -0.15) is 13.2 Å². The van der Waals surface area contributed by atoms with Crippen molar-refractivity contribution in [2.45, 2.75) is 11.1 Å². The fraction of sp³-hybridized carbons (Fsp3) is 0.0833. The summed E-state index contributed by atoms with van der Waals surface area (Å²) in [7, 11) is -4.09. The summed E-state index contributed by atoms with van der Waals surface area (Å²) < 4.78 is 63.6. The Hall–Kier alpha value is -1.51. The normalized spacial score (nSPS) is 12.2. The van der Waals surface area contributed by atoms with Crippen LogP contribution in [0.3, 0.4) is 0 Å². The molecule has 10 heteroatoms. The highest BCUT2D eigenvalue weighted by Gasteiger charge is 2.30. The van der Waals surface area contributed by atoms with E-state index in [9.17, 15) is 21.6 Å². The second-order valence-electron chi connectivity index (χ2n) is 4.10. The number of anilines is 1. The fourth-order valence-corrected chi connectivity index (χ4v) is 3.26. The number of pyridine rings is 1. The third kappa shape index (κ3) is 3.82. The summed E-state index contributed by atoms with van der Waals surface area (Å²) in [5, 5.41) is -0.328. The zero-order chi connectivity index (χ0) is 16.5. The predicted octanol–water partition coefficient (Wildman–Crippen LogP) is 4.21. The van der Waals surface area contributed by atoms with Crippen LogP contribution in [0.4, 0.5) is 18.9 Å². The number of nitrogens with zero attached hydrogens (tertiary/aromatic N) is 1. The first-order valence-corrected chi connectivity index (χ1v) is 7.85.